The number of carbonyl (C=O) groups is 1. The summed E-state index contributed by atoms with van der Waals surface area (Å²) in [6.07, 6.45) is 1.99. The smallest absolute Gasteiger partial charge is 0.320 e. The van der Waals surface area contributed by atoms with E-state index in [0.717, 1.165) is 30.2 Å². The molecule has 0 N–H and O–H groups in total. The number of fused-ring (bicyclic) bond motifs is 2. The van der Waals surface area contributed by atoms with E-state index in [1.165, 1.54) is 9.21 Å². The molecule has 43 heavy (non-hydrogen) atoms. The van der Waals surface area contributed by atoms with Crippen molar-refractivity contribution >= 4 is 44.0 Å². The minimum atomic E-state index is -3.90. The fraction of sp³-hybridized carbons (Fsp3) is 0.400. The van der Waals surface area contributed by atoms with Crippen molar-refractivity contribution in [3.63, 3.8) is 0 Å². The zero-order chi connectivity index (χ0) is 30.3. The molecule has 0 bridgehead atoms. The number of likely N-dealkylation sites (tertiary alicyclic amines) is 1. The van der Waals surface area contributed by atoms with Crippen molar-refractivity contribution in [3.05, 3.63) is 60.4 Å². The number of amides is 1. The lowest BCUT2D eigenvalue weighted by molar-refractivity contribution is -0.131. The zero-order valence-electron chi connectivity index (χ0n) is 23.8. The largest absolute Gasteiger partial charge is 0.462 e. The average Bonchev–Trinajstić information content (AvgIpc) is 3.53. The number of nitriles is 1. The van der Waals surface area contributed by atoms with Crippen molar-refractivity contribution in [2.45, 2.75) is 37.1 Å². The number of piperazine rings is 1. The fourth-order valence-electron chi connectivity index (χ4n) is 6.20. The molecule has 11 nitrogen and oxygen atoms in total. The highest BCUT2D eigenvalue weighted by Crippen LogP contribution is 2.45. The molecule has 1 amide bonds. The summed E-state index contributed by atoms with van der Waals surface area (Å²) in [7, 11) is -1.87. The van der Waals surface area contributed by atoms with Crippen LogP contribution >= 0.6 is 0 Å². The van der Waals surface area contributed by atoms with Crippen molar-refractivity contribution in [1.29, 1.82) is 5.26 Å². The molecule has 2 atom stereocenters. The molecular formula is C30H32FN7O4S. The van der Waals surface area contributed by atoms with Gasteiger partial charge < -0.3 is 19.4 Å². The predicted molar refractivity (Wildman–Crippen MR) is 160 cm³/mol. The summed E-state index contributed by atoms with van der Waals surface area (Å²) in [6, 6.07) is 14.7. The number of hydrogen-bond donors (Lipinski definition) is 0. The van der Waals surface area contributed by atoms with Crippen LogP contribution in [0.15, 0.2) is 54.9 Å². The molecule has 0 spiro atoms. The lowest BCUT2D eigenvalue weighted by Crippen LogP contribution is -2.55. The predicted octanol–water partition coefficient (Wildman–Crippen LogP) is 3.50. The van der Waals surface area contributed by atoms with E-state index in [4.69, 9.17) is 9.72 Å². The Morgan fingerprint density at radius 1 is 1.12 bits per heavy atom. The van der Waals surface area contributed by atoms with Crippen molar-refractivity contribution in [3.8, 4) is 12.1 Å². The Kier molecular flexibility index (Phi) is 7.66. The lowest BCUT2D eigenvalue weighted by Gasteiger charge is -2.41. The van der Waals surface area contributed by atoms with Gasteiger partial charge in [-0.2, -0.15) is 15.2 Å². The maximum Gasteiger partial charge on any atom is 0.320 e. The van der Waals surface area contributed by atoms with Gasteiger partial charge in [0, 0.05) is 31.1 Å². The Morgan fingerprint density at radius 3 is 2.63 bits per heavy atom. The van der Waals surface area contributed by atoms with Gasteiger partial charge in [0.15, 0.2) is 11.6 Å². The second kappa shape index (κ2) is 11.4. The number of likely N-dealkylation sites (N-methyl/N-ethyl adjacent to an activating group) is 1. The van der Waals surface area contributed by atoms with Crippen molar-refractivity contribution in [2.75, 3.05) is 49.0 Å². The van der Waals surface area contributed by atoms with Gasteiger partial charge >= 0.3 is 6.01 Å². The van der Waals surface area contributed by atoms with E-state index in [1.54, 1.807) is 6.07 Å². The van der Waals surface area contributed by atoms with Gasteiger partial charge in [0.05, 0.1) is 29.8 Å². The molecule has 1 aromatic heterocycles. The molecule has 0 unspecified atom stereocenters. The molecular weight excluding hydrogens is 573 g/mol. The van der Waals surface area contributed by atoms with Gasteiger partial charge in [-0.1, -0.05) is 43.0 Å². The van der Waals surface area contributed by atoms with Gasteiger partial charge in [0.2, 0.25) is 10.0 Å². The van der Waals surface area contributed by atoms with E-state index >= 15 is 0 Å². The molecule has 0 radical (unpaired) electrons. The summed E-state index contributed by atoms with van der Waals surface area (Å²) in [6.45, 7) is 4.93. The number of benzene rings is 2. The van der Waals surface area contributed by atoms with Gasteiger partial charge in [-0.3, -0.25) is 4.79 Å². The van der Waals surface area contributed by atoms with E-state index in [9.17, 15) is 22.9 Å². The second-order valence-electron chi connectivity index (χ2n) is 11.1. The first-order valence-corrected chi connectivity index (χ1v) is 15.8. The van der Waals surface area contributed by atoms with E-state index < -0.39 is 27.8 Å². The molecule has 4 heterocycles. The number of rotatable bonds is 7. The van der Waals surface area contributed by atoms with Crippen LogP contribution in [0.1, 0.15) is 24.8 Å². The van der Waals surface area contributed by atoms with Gasteiger partial charge in [0.1, 0.15) is 18.2 Å². The van der Waals surface area contributed by atoms with Crippen molar-refractivity contribution in [2.24, 2.45) is 0 Å². The molecule has 0 aliphatic carbocycles. The first kappa shape index (κ1) is 28.8. The highest BCUT2D eigenvalue weighted by molar-refractivity contribution is 7.92. The maximum absolute atomic E-state index is 13.8. The summed E-state index contributed by atoms with van der Waals surface area (Å²) in [5, 5.41) is 11.1. The Hall–Kier alpha value is -4.28. The molecule has 0 saturated carbocycles. The Morgan fingerprint density at radius 2 is 1.88 bits per heavy atom. The number of anilines is 3. The van der Waals surface area contributed by atoms with Crippen LogP contribution in [0, 0.1) is 11.3 Å². The number of carbonyl (C=O) groups excluding carboxylic acids is 1. The van der Waals surface area contributed by atoms with Crippen molar-refractivity contribution in [1.82, 2.24) is 19.8 Å². The minimum absolute atomic E-state index is 0.0411. The quantitative estimate of drug-likeness (QED) is 0.373. The van der Waals surface area contributed by atoms with E-state index in [0.29, 0.717) is 23.7 Å². The lowest BCUT2D eigenvalue weighted by atomic mass is 10.1. The number of aromatic nitrogens is 2. The van der Waals surface area contributed by atoms with Gasteiger partial charge in [-0.05, 0) is 37.9 Å². The fourth-order valence-corrected chi connectivity index (χ4v) is 7.83. The minimum Gasteiger partial charge on any atom is -0.462 e. The highest BCUT2D eigenvalue weighted by Gasteiger charge is 2.42. The zero-order valence-corrected chi connectivity index (χ0v) is 24.6. The van der Waals surface area contributed by atoms with E-state index in [-0.39, 0.29) is 49.7 Å². The third-order valence-electron chi connectivity index (χ3n) is 8.40. The first-order valence-electron chi connectivity index (χ1n) is 14.2. The molecule has 3 aliphatic rings. The van der Waals surface area contributed by atoms with Crippen LogP contribution < -0.4 is 13.9 Å². The maximum atomic E-state index is 13.8. The number of sulfonamides is 1. The molecule has 3 aliphatic heterocycles. The van der Waals surface area contributed by atoms with Crippen LogP contribution in [-0.4, -0.2) is 86.0 Å². The molecule has 2 aromatic carbocycles. The molecule has 6 rings (SSSR count). The van der Waals surface area contributed by atoms with Crippen LogP contribution in [0.25, 0.3) is 10.8 Å². The number of hydrogen-bond acceptors (Lipinski definition) is 9. The van der Waals surface area contributed by atoms with E-state index in [1.807, 2.05) is 48.3 Å². The molecule has 2 saturated heterocycles. The Bertz CT molecular complexity index is 1740. The average molecular weight is 606 g/mol. The first-order chi connectivity index (χ1) is 20.7. The van der Waals surface area contributed by atoms with Crippen LogP contribution in [0.5, 0.6) is 6.01 Å². The van der Waals surface area contributed by atoms with Crippen LogP contribution in [0.4, 0.5) is 21.7 Å². The summed E-state index contributed by atoms with van der Waals surface area (Å²) in [5.74, 6) is -1.72. The monoisotopic (exact) mass is 605 g/mol. The van der Waals surface area contributed by atoms with Gasteiger partial charge in [0.25, 0.3) is 5.91 Å². The highest BCUT2D eigenvalue weighted by atomic mass is 32.2. The third kappa shape index (κ3) is 5.36. The van der Waals surface area contributed by atoms with Crippen LogP contribution in [0.3, 0.4) is 0 Å². The molecule has 3 aromatic rings. The Labute approximate surface area is 249 Å². The standard InChI is InChI=1S/C30H32FN7O4S/c1-20(31)29(39)37-16-15-36(17-22(37)12-13-32)27-25-19-43(40,41)38(26-11-5-8-21-7-3-4-10-24(21)26)28(25)34-30(33-27)42-18-23-9-6-14-35(23)2/h3-5,7-8,10-11,22-23H,1,6,9,12,14-19H2,2H3/t22-,23-/m0/s1. The summed E-state index contributed by atoms with van der Waals surface area (Å²) >= 11 is 0. The number of nitrogens with zero attached hydrogens (tertiary/aromatic N) is 7. The SMILES string of the molecule is C=C(F)C(=O)N1CCN(c2nc(OC[C@@H]3CCCN3C)nc3c2CS(=O)(=O)N3c2cccc3ccccc23)C[C@@H]1CC#N. The summed E-state index contributed by atoms with van der Waals surface area (Å²) in [4.78, 5) is 27.2. The molecule has 224 valence electrons. The van der Waals surface area contributed by atoms with Crippen LogP contribution in [-0.2, 0) is 20.6 Å². The van der Waals surface area contributed by atoms with E-state index in [2.05, 4.69) is 22.5 Å². The van der Waals surface area contributed by atoms with Gasteiger partial charge in [-0.15, -0.1) is 0 Å². The molecule has 13 heteroatoms. The normalized spacial score (nSPS) is 21.6. The number of halogens is 1. The van der Waals surface area contributed by atoms with Crippen LogP contribution in [0.2, 0.25) is 0 Å². The Balaban J connectivity index is 1.44. The third-order valence-corrected chi connectivity index (χ3v) is 9.98. The summed E-state index contributed by atoms with van der Waals surface area (Å²) < 4.78 is 48.9. The van der Waals surface area contributed by atoms with Gasteiger partial charge in [-0.25, -0.2) is 17.1 Å². The topological polar surface area (TPSA) is 123 Å². The van der Waals surface area contributed by atoms with Crippen molar-refractivity contribution < 1.29 is 22.3 Å². The number of ether oxygens (including phenoxy) is 1. The molecule has 2 fully saturated rings. The second-order valence-corrected chi connectivity index (χ2v) is 12.9. The summed E-state index contributed by atoms with van der Waals surface area (Å²) in [5.41, 5.74) is 0.880.